The molecule has 1 N–H and O–H groups in total. The molecule has 5 heteroatoms. The third-order valence-electron chi connectivity index (χ3n) is 4.79. The van der Waals surface area contributed by atoms with Crippen LogP contribution < -0.4 is 0 Å². The van der Waals surface area contributed by atoms with Crippen LogP contribution in [-0.2, 0) is 26.4 Å². The van der Waals surface area contributed by atoms with Crippen LogP contribution >= 0.6 is 0 Å². The molecule has 5 nitrogen and oxygen atoms in total. The van der Waals surface area contributed by atoms with E-state index in [0.29, 0.717) is 0 Å². The van der Waals surface area contributed by atoms with Gasteiger partial charge in [-0.15, -0.1) is 0 Å². The van der Waals surface area contributed by atoms with Crippen LogP contribution in [0.2, 0.25) is 0 Å². The van der Waals surface area contributed by atoms with Gasteiger partial charge in [-0.3, -0.25) is 9.58 Å². The molecule has 2 aromatic heterocycles. The molecule has 0 saturated carbocycles. The number of fused-ring (bicyclic) bond motifs is 1. The minimum absolute atomic E-state index is 0.885. The molecule has 3 aromatic rings. The van der Waals surface area contributed by atoms with E-state index < -0.39 is 0 Å². The average molecular weight is 321 g/mol. The van der Waals surface area contributed by atoms with Gasteiger partial charge in [0.2, 0.25) is 0 Å². The number of hydrogen-bond donors (Lipinski definition) is 1. The smallest absolute Gasteiger partial charge is 0.120 e. The predicted molar refractivity (Wildman–Crippen MR) is 94.7 cm³/mol. The largest absolute Gasteiger partial charge is 0.345 e. The fourth-order valence-electron chi connectivity index (χ4n) is 3.57. The summed E-state index contributed by atoms with van der Waals surface area (Å²) in [7, 11) is 2.07. The van der Waals surface area contributed by atoms with Crippen molar-refractivity contribution >= 4 is 0 Å². The third kappa shape index (κ3) is 2.87. The van der Waals surface area contributed by atoms with E-state index >= 15 is 0 Å². The summed E-state index contributed by atoms with van der Waals surface area (Å²) >= 11 is 0. The van der Waals surface area contributed by atoms with Gasteiger partial charge in [0.1, 0.15) is 5.82 Å². The molecule has 0 amide bonds. The number of imidazole rings is 1. The summed E-state index contributed by atoms with van der Waals surface area (Å²) in [6.45, 7) is 5.02. The van der Waals surface area contributed by atoms with Crippen molar-refractivity contribution < 1.29 is 0 Å². The first-order valence-corrected chi connectivity index (χ1v) is 8.53. The highest BCUT2D eigenvalue weighted by Crippen LogP contribution is 2.28. The first-order chi connectivity index (χ1) is 11.7. The molecular weight excluding hydrogens is 298 g/mol. The Balaban J connectivity index is 1.57. The van der Waals surface area contributed by atoms with E-state index in [1.165, 1.54) is 16.8 Å². The van der Waals surface area contributed by atoms with Gasteiger partial charge >= 0.3 is 0 Å². The van der Waals surface area contributed by atoms with E-state index in [1.54, 1.807) is 0 Å². The Morgan fingerprint density at radius 2 is 1.92 bits per heavy atom. The zero-order chi connectivity index (χ0) is 16.5. The molecule has 124 valence electrons. The number of nitrogens with one attached hydrogen (secondary N) is 1. The number of nitrogens with zero attached hydrogens (tertiary/aromatic N) is 4. The minimum Gasteiger partial charge on any atom is -0.345 e. The maximum atomic E-state index is 4.80. The molecule has 0 unspecified atom stereocenters. The zero-order valence-electron chi connectivity index (χ0n) is 14.3. The van der Waals surface area contributed by atoms with Gasteiger partial charge in [-0.2, -0.15) is 5.10 Å². The van der Waals surface area contributed by atoms with Crippen LogP contribution in [0.3, 0.4) is 0 Å². The van der Waals surface area contributed by atoms with Crippen molar-refractivity contribution in [2.75, 3.05) is 13.1 Å². The van der Waals surface area contributed by atoms with Crippen LogP contribution in [0.5, 0.6) is 0 Å². The molecule has 0 atom stereocenters. The lowest BCUT2D eigenvalue weighted by molar-refractivity contribution is 0.271. The lowest BCUT2D eigenvalue weighted by atomic mass is 10.0. The molecule has 0 radical (unpaired) electrons. The highest BCUT2D eigenvalue weighted by atomic mass is 15.3. The maximum absolute atomic E-state index is 4.80. The Labute approximate surface area is 142 Å². The van der Waals surface area contributed by atoms with Crippen LogP contribution in [0, 0.1) is 6.92 Å². The molecule has 4 rings (SSSR count). The Kier molecular flexibility index (Phi) is 3.94. The van der Waals surface area contributed by atoms with E-state index in [2.05, 4.69) is 56.9 Å². The summed E-state index contributed by atoms with van der Waals surface area (Å²) < 4.78 is 2.07. The van der Waals surface area contributed by atoms with Gasteiger partial charge in [0, 0.05) is 55.3 Å². The fraction of sp³-hybridized carbons (Fsp3) is 0.368. The number of rotatable bonds is 3. The van der Waals surface area contributed by atoms with Crippen LogP contribution in [0.25, 0.3) is 11.3 Å². The number of aromatic nitrogens is 4. The van der Waals surface area contributed by atoms with Crippen molar-refractivity contribution in [1.29, 1.82) is 0 Å². The Morgan fingerprint density at radius 3 is 2.67 bits per heavy atom. The van der Waals surface area contributed by atoms with Crippen molar-refractivity contribution in [1.82, 2.24) is 24.6 Å². The normalized spacial score (nSPS) is 15.2. The average Bonchev–Trinajstić information content (AvgIpc) is 3.06. The van der Waals surface area contributed by atoms with Crippen molar-refractivity contribution in [3.8, 4) is 11.3 Å². The summed E-state index contributed by atoms with van der Waals surface area (Å²) in [6, 6.07) is 10.5. The van der Waals surface area contributed by atoms with Crippen LogP contribution in [-0.4, -0.2) is 37.7 Å². The molecule has 1 aliphatic rings. The fourth-order valence-corrected chi connectivity index (χ4v) is 3.57. The second-order valence-electron chi connectivity index (χ2n) is 6.55. The maximum Gasteiger partial charge on any atom is 0.120 e. The van der Waals surface area contributed by atoms with Crippen molar-refractivity contribution in [2.45, 2.75) is 26.3 Å². The molecule has 3 heterocycles. The lowest BCUT2D eigenvalue weighted by Gasteiger charge is -2.18. The predicted octanol–water partition coefficient (Wildman–Crippen LogP) is 2.72. The van der Waals surface area contributed by atoms with Crippen LogP contribution in [0.15, 0.2) is 36.5 Å². The van der Waals surface area contributed by atoms with Crippen LogP contribution in [0.4, 0.5) is 0 Å². The van der Waals surface area contributed by atoms with Crippen molar-refractivity contribution in [2.24, 2.45) is 7.05 Å². The van der Waals surface area contributed by atoms with E-state index in [-0.39, 0.29) is 0 Å². The molecule has 0 bridgehead atoms. The molecule has 1 aliphatic heterocycles. The van der Waals surface area contributed by atoms with Gasteiger partial charge in [-0.25, -0.2) is 4.98 Å². The van der Waals surface area contributed by atoms with Gasteiger partial charge in [0.25, 0.3) is 0 Å². The molecule has 0 aliphatic carbocycles. The van der Waals surface area contributed by atoms with E-state index in [9.17, 15) is 0 Å². The molecule has 1 aromatic carbocycles. The second-order valence-corrected chi connectivity index (χ2v) is 6.55. The van der Waals surface area contributed by atoms with Gasteiger partial charge in [0.05, 0.1) is 12.2 Å². The zero-order valence-corrected chi connectivity index (χ0v) is 14.3. The number of H-pyrrole nitrogens is 1. The number of aromatic amines is 1. The summed E-state index contributed by atoms with van der Waals surface area (Å²) in [4.78, 5) is 10.3. The highest BCUT2D eigenvalue weighted by Gasteiger charge is 2.22. The summed E-state index contributed by atoms with van der Waals surface area (Å²) in [5.41, 5.74) is 6.25. The lowest BCUT2D eigenvalue weighted by Crippen LogP contribution is -2.26. The third-order valence-corrected chi connectivity index (χ3v) is 4.79. The standard InChI is InChI=1S/C19H23N5/c1-14-12-20-18(21-14)13-24-10-8-16-17(9-11-24)23(2)22-19(16)15-6-4-3-5-7-15/h3-7,12H,8-11,13H2,1-2H3,(H,20,21). The first kappa shape index (κ1) is 15.1. The van der Waals surface area contributed by atoms with Crippen LogP contribution in [0.1, 0.15) is 22.8 Å². The van der Waals surface area contributed by atoms with Gasteiger partial charge < -0.3 is 4.98 Å². The van der Waals surface area contributed by atoms with Gasteiger partial charge in [-0.1, -0.05) is 30.3 Å². The molecule has 0 fully saturated rings. The van der Waals surface area contributed by atoms with Gasteiger partial charge in [0.15, 0.2) is 0 Å². The number of benzene rings is 1. The minimum atomic E-state index is 0.885. The highest BCUT2D eigenvalue weighted by molar-refractivity contribution is 5.64. The summed E-state index contributed by atoms with van der Waals surface area (Å²) in [5.74, 6) is 1.06. The Hall–Kier alpha value is -2.40. The molecule has 24 heavy (non-hydrogen) atoms. The Morgan fingerprint density at radius 1 is 1.12 bits per heavy atom. The monoisotopic (exact) mass is 321 g/mol. The number of aryl methyl sites for hydroxylation is 2. The van der Waals surface area contributed by atoms with E-state index in [4.69, 9.17) is 5.10 Å². The molecular formula is C19H23N5. The summed E-state index contributed by atoms with van der Waals surface area (Å²) in [5, 5.41) is 4.80. The Bertz CT molecular complexity index is 831. The second kappa shape index (κ2) is 6.24. The van der Waals surface area contributed by atoms with E-state index in [1.807, 2.05) is 13.1 Å². The van der Waals surface area contributed by atoms with E-state index in [0.717, 1.165) is 49.7 Å². The molecule has 0 saturated heterocycles. The SMILES string of the molecule is Cc1cnc(CN2CCc3c(-c4ccccc4)nn(C)c3CC2)[nH]1. The quantitative estimate of drug-likeness (QED) is 0.807. The topological polar surface area (TPSA) is 49.7 Å². The first-order valence-electron chi connectivity index (χ1n) is 8.53. The van der Waals surface area contributed by atoms with Crippen molar-refractivity contribution in [3.05, 3.63) is 59.3 Å². The summed E-state index contributed by atoms with van der Waals surface area (Å²) in [6.07, 6.45) is 3.97. The van der Waals surface area contributed by atoms with Crippen molar-refractivity contribution in [3.63, 3.8) is 0 Å². The number of hydrogen-bond acceptors (Lipinski definition) is 3. The molecule has 0 spiro atoms. The van der Waals surface area contributed by atoms with Gasteiger partial charge in [-0.05, 0) is 13.3 Å².